The molecule has 0 bridgehead atoms. The van der Waals surface area contributed by atoms with Crippen LogP contribution in [-0.4, -0.2) is 0 Å². The van der Waals surface area contributed by atoms with Crippen molar-refractivity contribution in [2.75, 3.05) is 0 Å². The molecule has 1 unspecified atom stereocenters. The predicted octanol–water partition coefficient (Wildman–Crippen LogP) is 6.32. The van der Waals surface area contributed by atoms with E-state index in [-0.39, 0.29) is 5.41 Å². The molecule has 20 heavy (non-hydrogen) atoms. The number of alkyl halides is 1. The fourth-order valence-corrected chi connectivity index (χ4v) is 2.94. The summed E-state index contributed by atoms with van der Waals surface area (Å²) < 4.78 is 0. The summed E-state index contributed by atoms with van der Waals surface area (Å²) in [6.45, 7) is 6.71. The van der Waals surface area contributed by atoms with E-state index in [1.807, 2.05) is 12.1 Å². The third-order valence-corrected chi connectivity index (χ3v) is 4.57. The average Bonchev–Trinajstić information content (AvgIpc) is 2.40. The summed E-state index contributed by atoms with van der Waals surface area (Å²) in [7, 11) is 0. The monoisotopic (exact) mass is 350 g/mol. The summed E-state index contributed by atoms with van der Waals surface area (Å²) in [6.07, 6.45) is 0.964. The molecule has 1 atom stereocenters. The number of hydrogen-bond donors (Lipinski definition) is 0. The number of hydrogen-bond acceptors (Lipinski definition) is 0. The van der Waals surface area contributed by atoms with Crippen molar-refractivity contribution in [2.45, 2.75) is 37.4 Å². The molecule has 2 heteroatoms. The summed E-state index contributed by atoms with van der Waals surface area (Å²) in [5.41, 5.74) is 4.17. The van der Waals surface area contributed by atoms with Gasteiger partial charge in [0.05, 0.1) is 0 Å². The minimum absolute atomic E-state index is 0.205. The molecule has 0 saturated carbocycles. The van der Waals surface area contributed by atoms with E-state index < -0.39 is 0 Å². The van der Waals surface area contributed by atoms with Crippen LogP contribution in [0.15, 0.2) is 48.5 Å². The predicted molar refractivity (Wildman–Crippen MR) is 92.0 cm³/mol. The van der Waals surface area contributed by atoms with Crippen molar-refractivity contribution < 1.29 is 0 Å². The van der Waals surface area contributed by atoms with Gasteiger partial charge < -0.3 is 0 Å². The second kappa shape index (κ2) is 6.32. The zero-order valence-corrected chi connectivity index (χ0v) is 14.5. The summed E-state index contributed by atoms with van der Waals surface area (Å²) in [5, 5.41) is 0.786. The van der Waals surface area contributed by atoms with Crippen LogP contribution in [0.1, 0.15) is 42.3 Å². The van der Waals surface area contributed by atoms with Gasteiger partial charge in [-0.2, -0.15) is 0 Å². The highest BCUT2D eigenvalue weighted by Crippen LogP contribution is 2.30. The highest BCUT2D eigenvalue weighted by atomic mass is 79.9. The van der Waals surface area contributed by atoms with Gasteiger partial charge in [-0.25, -0.2) is 0 Å². The first-order valence-corrected chi connectivity index (χ1v) is 8.14. The Morgan fingerprint density at radius 1 is 0.950 bits per heavy atom. The fourth-order valence-electron chi connectivity index (χ4n) is 2.14. The lowest BCUT2D eigenvalue weighted by atomic mass is 9.86. The molecule has 0 heterocycles. The van der Waals surface area contributed by atoms with Crippen LogP contribution >= 0.6 is 27.5 Å². The van der Waals surface area contributed by atoms with E-state index in [1.165, 1.54) is 16.7 Å². The molecule has 0 aliphatic carbocycles. The third-order valence-electron chi connectivity index (χ3n) is 3.47. The van der Waals surface area contributed by atoms with E-state index in [0.29, 0.717) is 4.83 Å². The SMILES string of the molecule is CC(C)(C)c1ccc(C(Br)Cc2ccc(Cl)cc2)cc1. The summed E-state index contributed by atoms with van der Waals surface area (Å²) in [5.74, 6) is 0. The van der Waals surface area contributed by atoms with Crippen LogP contribution in [-0.2, 0) is 11.8 Å². The molecule has 0 nitrogen and oxygen atoms in total. The normalized spacial score (nSPS) is 13.2. The van der Waals surface area contributed by atoms with E-state index in [0.717, 1.165) is 11.4 Å². The minimum Gasteiger partial charge on any atom is -0.0843 e. The van der Waals surface area contributed by atoms with Gasteiger partial charge in [-0.1, -0.05) is 84.7 Å². The van der Waals surface area contributed by atoms with Crippen molar-refractivity contribution in [3.05, 3.63) is 70.2 Å². The summed E-state index contributed by atoms with van der Waals surface area (Å²) in [4.78, 5) is 0.331. The largest absolute Gasteiger partial charge is 0.0843 e. The molecule has 0 fully saturated rings. The van der Waals surface area contributed by atoms with Crippen molar-refractivity contribution in [1.29, 1.82) is 0 Å². The van der Waals surface area contributed by atoms with E-state index in [2.05, 4.69) is 73.1 Å². The van der Waals surface area contributed by atoms with Gasteiger partial charge >= 0.3 is 0 Å². The average molecular weight is 352 g/mol. The van der Waals surface area contributed by atoms with E-state index >= 15 is 0 Å². The molecule has 0 amide bonds. The molecule has 0 aliphatic rings. The maximum Gasteiger partial charge on any atom is 0.0435 e. The second-order valence-corrected chi connectivity index (χ2v) is 7.71. The molecule has 2 aromatic rings. The van der Waals surface area contributed by atoms with Crippen molar-refractivity contribution in [1.82, 2.24) is 0 Å². The molecular formula is C18H20BrCl. The Bertz CT molecular complexity index is 549. The Kier molecular flexibility index (Phi) is 4.93. The summed E-state index contributed by atoms with van der Waals surface area (Å²) in [6, 6.07) is 16.9. The van der Waals surface area contributed by atoms with E-state index in [4.69, 9.17) is 11.6 Å². The fraction of sp³-hybridized carbons (Fsp3) is 0.333. The number of rotatable bonds is 3. The standard InChI is InChI=1S/C18H20BrCl/c1-18(2,3)15-8-6-14(7-9-15)17(19)12-13-4-10-16(20)11-5-13/h4-11,17H,12H2,1-3H3. The van der Waals surface area contributed by atoms with Gasteiger partial charge in [0, 0.05) is 9.85 Å². The topological polar surface area (TPSA) is 0 Å². The molecular weight excluding hydrogens is 332 g/mol. The lowest BCUT2D eigenvalue weighted by Gasteiger charge is -2.20. The quantitative estimate of drug-likeness (QED) is 0.568. The van der Waals surface area contributed by atoms with E-state index in [1.54, 1.807) is 0 Å². The Morgan fingerprint density at radius 3 is 2.00 bits per heavy atom. The van der Waals surface area contributed by atoms with Gasteiger partial charge in [-0.15, -0.1) is 0 Å². The van der Waals surface area contributed by atoms with Gasteiger partial charge in [0.25, 0.3) is 0 Å². The molecule has 0 aliphatic heterocycles. The van der Waals surface area contributed by atoms with Gasteiger partial charge in [0.1, 0.15) is 0 Å². The maximum absolute atomic E-state index is 5.91. The smallest absolute Gasteiger partial charge is 0.0435 e. The first-order valence-electron chi connectivity index (χ1n) is 6.85. The molecule has 2 aromatic carbocycles. The van der Waals surface area contributed by atoms with Crippen molar-refractivity contribution in [3.8, 4) is 0 Å². The molecule has 2 rings (SSSR count). The van der Waals surface area contributed by atoms with E-state index in [9.17, 15) is 0 Å². The Labute approximate surface area is 135 Å². The zero-order chi connectivity index (χ0) is 14.8. The lowest BCUT2D eigenvalue weighted by Crippen LogP contribution is -2.10. The highest BCUT2D eigenvalue weighted by molar-refractivity contribution is 9.09. The second-order valence-electron chi connectivity index (χ2n) is 6.17. The van der Waals surface area contributed by atoms with Crippen LogP contribution in [0.25, 0.3) is 0 Å². The maximum atomic E-state index is 5.91. The highest BCUT2D eigenvalue weighted by Gasteiger charge is 2.14. The first kappa shape index (κ1) is 15.6. The third kappa shape index (κ3) is 4.10. The molecule has 0 spiro atoms. The van der Waals surface area contributed by atoms with Crippen molar-refractivity contribution >= 4 is 27.5 Å². The van der Waals surface area contributed by atoms with Crippen molar-refractivity contribution in [2.24, 2.45) is 0 Å². The van der Waals surface area contributed by atoms with Crippen LogP contribution in [0.4, 0.5) is 0 Å². The Balaban J connectivity index is 2.09. The van der Waals surface area contributed by atoms with Gasteiger partial charge in [0.15, 0.2) is 0 Å². The number of benzene rings is 2. The summed E-state index contributed by atoms with van der Waals surface area (Å²) >= 11 is 9.70. The Hall–Kier alpha value is -0.790. The van der Waals surface area contributed by atoms with Crippen molar-refractivity contribution in [3.63, 3.8) is 0 Å². The lowest BCUT2D eigenvalue weighted by molar-refractivity contribution is 0.590. The zero-order valence-electron chi connectivity index (χ0n) is 12.2. The van der Waals surface area contributed by atoms with Crippen LogP contribution in [0.2, 0.25) is 5.02 Å². The minimum atomic E-state index is 0.205. The van der Waals surface area contributed by atoms with Crippen LogP contribution < -0.4 is 0 Å². The van der Waals surface area contributed by atoms with Crippen LogP contribution in [0.5, 0.6) is 0 Å². The van der Waals surface area contributed by atoms with Crippen LogP contribution in [0, 0.1) is 0 Å². The van der Waals surface area contributed by atoms with Gasteiger partial charge in [-0.3, -0.25) is 0 Å². The molecule has 0 N–H and O–H groups in total. The van der Waals surface area contributed by atoms with Crippen LogP contribution in [0.3, 0.4) is 0 Å². The molecule has 0 radical (unpaired) electrons. The Morgan fingerprint density at radius 2 is 1.50 bits per heavy atom. The number of halogens is 2. The first-order chi connectivity index (χ1) is 9.36. The molecule has 0 saturated heterocycles. The molecule has 106 valence electrons. The van der Waals surface area contributed by atoms with Gasteiger partial charge in [0.2, 0.25) is 0 Å². The molecule has 0 aromatic heterocycles. The van der Waals surface area contributed by atoms with Gasteiger partial charge in [-0.05, 0) is 40.7 Å².